The van der Waals surface area contributed by atoms with Crippen molar-refractivity contribution in [1.29, 1.82) is 0 Å². The van der Waals surface area contributed by atoms with Gasteiger partial charge in [-0.05, 0) is 58.5 Å². The molecule has 0 aromatic heterocycles. The molecule has 146 valence electrons. The highest BCUT2D eigenvalue weighted by atomic mass is 16.5. The fourth-order valence-corrected chi connectivity index (χ4v) is 3.94. The molecule has 2 aliphatic heterocycles. The molecule has 2 atom stereocenters. The first-order valence-electron chi connectivity index (χ1n) is 10.1. The molecule has 0 radical (unpaired) electrons. The molecule has 0 aromatic carbocycles. The number of ether oxygens (including phenoxy) is 1. The molecule has 0 bridgehead atoms. The summed E-state index contributed by atoms with van der Waals surface area (Å²) >= 11 is 0. The highest BCUT2D eigenvalue weighted by Gasteiger charge is 2.34. The second kappa shape index (κ2) is 11.0. The van der Waals surface area contributed by atoms with Gasteiger partial charge in [0.25, 0.3) is 0 Å². The third-order valence-corrected chi connectivity index (χ3v) is 5.79. The molecule has 0 spiro atoms. The van der Waals surface area contributed by atoms with E-state index >= 15 is 0 Å². The van der Waals surface area contributed by atoms with Crippen LogP contribution in [0.2, 0.25) is 0 Å². The molecule has 2 aliphatic rings. The molecule has 2 saturated heterocycles. The minimum Gasteiger partial charge on any atom is -0.396 e. The zero-order valence-corrected chi connectivity index (χ0v) is 16.2. The minimum atomic E-state index is 0.0524. The molecule has 2 rings (SSSR count). The van der Waals surface area contributed by atoms with E-state index in [1.807, 2.05) is 7.05 Å². The Kier molecular flexibility index (Phi) is 8.99. The Balaban J connectivity index is 1.60. The first-order valence-corrected chi connectivity index (χ1v) is 10.1. The summed E-state index contributed by atoms with van der Waals surface area (Å²) in [6, 6.07) is 0.757. The number of aliphatic imine (C=N–C) groups is 1. The fraction of sp³-hybridized carbons (Fsp3) is 0.947. The van der Waals surface area contributed by atoms with Gasteiger partial charge in [0.1, 0.15) is 0 Å². The van der Waals surface area contributed by atoms with Gasteiger partial charge in [-0.15, -0.1) is 0 Å². The fourth-order valence-electron chi connectivity index (χ4n) is 3.94. The van der Waals surface area contributed by atoms with Gasteiger partial charge in [-0.3, -0.25) is 4.99 Å². The van der Waals surface area contributed by atoms with Gasteiger partial charge >= 0.3 is 0 Å². The lowest BCUT2D eigenvalue weighted by molar-refractivity contribution is 0.127. The van der Waals surface area contributed by atoms with Crippen LogP contribution in [0.1, 0.15) is 51.9 Å². The monoisotopic (exact) mass is 354 g/mol. The molecule has 2 unspecified atom stereocenters. The van der Waals surface area contributed by atoms with Gasteiger partial charge in [0.15, 0.2) is 5.96 Å². The molecule has 6 nitrogen and oxygen atoms in total. The number of hydrogen-bond acceptors (Lipinski definition) is 4. The van der Waals surface area contributed by atoms with Gasteiger partial charge in [0.2, 0.25) is 0 Å². The standard InChI is InChI=1S/C19H38N4O2/c1-17-7-3-5-11-23(17)12-6-4-10-21-18(20-2)22-15-19(8-13-24)9-14-25-16-19/h17,24H,3-16H2,1-2H3,(H2,20,21,22). The average molecular weight is 355 g/mol. The number of aliphatic hydroxyl groups is 1. The lowest BCUT2D eigenvalue weighted by Gasteiger charge is -2.33. The minimum absolute atomic E-state index is 0.0524. The van der Waals surface area contributed by atoms with Crippen LogP contribution in [0, 0.1) is 5.41 Å². The van der Waals surface area contributed by atoms with E-state index in [0.717, 1.165) is 57.6 Å². The number of likely N-dealkylation sites (tertiary alicyclic amines) is 1. The first-order chi connectivity index (χ1) is 12.2. The molecule has 0 aliphatic carbocycles. The predicted octanol–water partition coefficient (Wildman–Crippen LogP) is 1.60. The number of guanidine groups is 1. The van der Waals surface area contributed by atoms with E-state index in [-0.39, 0.29) is 12.0 Å². The predicted molar refractivity (Wildman–Crippen MR) is 103 cm³/mol. The van der Waals surface area contributed by atoms with Crippen molar-refractivity contribution < 1.29 is 9.84 Å². The maximum atomic E-state index is 9.31. The van der Waals surface area contributed by atoms with Crippen molar-refractivity contribution >= 4 is 5.96 Å². The Labute approximate surface area is 153 Å². The van der Waals surface area contributed by atoms with Crippen molar-refractivity contribution in [3.05, 3.63) is 0 Å². The van der Waals surface area contributed by atoms with Crippen molar-refractivity contribution in [2.75, 3.05) is 53.0 Å². The Morgan fingerprint density at radius 3 is 2.88 bits per heavy atom. The van der Waals surface area contributed by atoms with Gasteiger partial charge in [0.05, 0.1) is 6.61 Å². The number of aliphatic hydroxyl groups excluding tert-OH is 1. The Morgan fingerprint density at radius 2 is 2.20 bits per heavy atom. The summed E-state index contributed by atoms with van der Waals surface area (Å²) in [6.45, 7) is 8.33. The van der Waals surface area contributed by atoms with Gasteiger partial charge in [-0.25, -0.2) is 0 Å². The Morgan fingerprint density at radius 1 is 1.32 bits per heavy atom. The van der Waals surface area contributed by atoms with Crippen LogP contribution in [0.25, 0.3) is 0 Å². The molecule has 0 saturated carbocycles. The third-order valence-electron chi connectivity index (χ3n) is 5.79. The topological polar surface area (TPSA) is 69.1 Å². The molecule has 6 heteroatoms. The van der Waals surface area contributed by atoms with E-state index in [4.69, 9.17) is 4.74 Å². The molecule has 25 heavy (non-hydrogen) atoms. The number of hydrogen-bond donors (Lipinski definition) is 3. The van der Waals surface area contributed by atoms with E-state index in [0.29, 0.717) is 0 Å². The summed E-state index contributed by atoms with van der Waals surface area (Å²) in [5.74, 6) is 0.857. The quantitative estimate of drug-likeness (QED) is 0.333. The average Bonchev–Trinajstić information content (AvgIpc) is 3.08. The Hall–Kier alpha value is -0.850. The lowest BCUT2D eigenvalue weighted by atomic mass is 9.84. The molecule has 2 heterocycles. The van der Waals surface area contributed by atoms with Crippen LogP contribution in [0.15, 0.2) is 4.99 Å². The van der Waals surface area contributed by atoms with Crippen LogP contribution in [-0.4, -0.2) is 75.1 Å². The van der Waals surface area contributed by atoms with Crippen molar-refractivity contribution in [3.63, 3.8) is 0 Å². The maximum absolute atomic E-state index is 9.31. The van der Waals surface area contributed by atoms with Crippen LogP contribution >= 0.6 is 0 Å². The molecular formula is C19H38N4O2. The maximum Gasteiger partial charge on any atom is 0.190 e. The Bertz CT molecular complexity index is 397. The number of unbranched alkanes of at least 4 members (excludes halogenated alkanes) is 1. The zero-order chi connectivity index (χ0) is 18.0. The molecule has 2 fully saturated rings. The number of nitrogens with zero attached hydrogens (tertiary/aromatic N) is 2. The van der Waals surface area contributed by atoms with E-state index in [1.54, 1.807) is 0 Å². The van der Waals surface area contributed by atoms with Crippen LogP contribution in [-0.2, 0) is 4.74 Å². The van der Waals surface area contributed by atoms with Gasteiger partial charge in [-0.1, -0.05) is 6.42 Å². The summed E-state index contributed by atoms with van der Waals surface area (Å²) < 4.78 is 5.54. The normalized spacial score (nSPS) is 28.3. The van der Waals surface area contributed by atoms with Gasteiger partial charge in [-0.2, -0.15) is 0 Å². The SMILES string of the molecule is CN=C(NCCCCN1CCCCC1C)NCC1(CCO)CCOC1. The van der Waals surface area contributed by atoms with Crippen molar-refractivity contribution in [2.24, 2.45) is 10.4 Å². The first kappa shape index (κ1) is 20.5. The number of nitrogens with one attached hydrogen (secondary N) is 2. The van der Waals surface area contributed by atoms with E-state index in [1.165, 1.54) is 38.8 Å². The second-order valence-electron chi connectivity index (χ2n) is 7.72. The zero-order valence-electron chi connectivity index (χ0n) is 16.2. The largest absolute Gasteiger partial charge is 0.396 e. The molecular weight excluding hydrogens is 316 g/mol. The second-order valence-corrected chi connectivity index (χ2v) is 7.72. The summed E-state index contributed by atoms with van der Waals surface area (Å²) in [6.07, 6.45) is 8.29. The summed E-state index contributed by atoms with van der Waals surface area (Å²) in [5.41, 5.74) is 0.0524. The van der Waals surface area contributed by atoms with Crippen molar-refractivity contribution in [3.8, 4) is 0 Å². The molecule has 0 aromatic rings. The van der Waals surface area contributed by atoms with Crippen LogP contribution < -0.4 is 10.6 Å². The van der Waals surface area contributed by atoms with E-state index < -0.39 is 0 Å². The summed E-state index contributed by atoms with van der Waals surface area (Å²) in [7, 11) is 1.81. The molecule has 3 N–H and O–H groups in total. The summed E-state index contributed by atoms with van der Waals surface area (Å²) in [5, 5.41) is 16.1. The number of rotatable bonds is 9. The highest BCUT2D eigenvalue weighted by molar-refractivity contribution is 5.79. The van der Waals surface area contributed by atoms with Gasteiger partial charge in [0, 0.05) is 44.8 Å². The molecule has 0 amide bonds. The lowest BCUT2D eigenvalue weighted by Crippen LogP contribution is -2.44. The van der Waals surface area contributed by atoms with E-state index in [2.05, 4.69) is 27.4 Å². The van der Waals surface area contributed by atoms with Crippen molar-refractivity contribution in [2.45, 2.75) is 57.9 Å². The van der Waals surface area contributed by atoms with E-state index in [9.17, 15) is 5.11 Å². The van der Waals surface area contributed by atoms with Gasteiger partial charge < -0.3 is 25.4 Å². The number of piperidine rings is 1. The van der Waals surface area contributed by atoms with Crippen LogP contribution in [0.3, 0.4) is 0 Å². The third kappa shape index (κ3) is 6.76. The van der Waals surface area contributed by atoms with Crippen LogP contribution in [0.4, 0.5) is 0 Å². The smallest absolute Gasteiger partial charge is 0.190 e. The summed E-state index contributed by atoms with van der Waals surface area (Å²) in [4.78, 5) is 6.95. The van der Waals surface area contributed by atoms with Crippen molar-refractivity contribution in [1.82, 2.24) is 15.5 Å². The van der Waals surface area contributed by atoms with Crippen LogP contribution in [0.5, 0.6) is 0 Å². The highest BCUT2D eigenvalue weighted by Crippen LogP contribution is 2.31.